The second-order valence-electron chi connectivity index (χ2n) is 7.20. The van der Waals surface area contributed by atoms with Crippen molar-refractivity contribution in [2.45, 2.75) is 13.8 Å². The van der Waals surface area contributed by atoms with Crippen molar-refractivity contribution in [1.29, 1.82) is 0 Å². The van der Waals surface area contributed by atoms with Crippen LogP contribution in [0.2, 0.25) is 0 Å². The number of nitrogens with one attached hydrogen (secondary N) is 1. The smallest absolute Gasteiger partial charge is 0.261 e. The third-order valence-electron chi connectivity index (χ3n) is 5.17. The number of piperazine rings is 1. The second kappa shape index (κ2) is 8.71. The number of carbonyl (C=O) groups is 2. The lowest BCUT2D eigenvalue weighted by atomic mass is 9.93. The van der Waals surface area contributed by atoms with Crippen LogP contribution in [0.15, 0.2) is 30.3 Å². The summed E-state index contributed by atoms with van der Waals surface area (Å²) in [6.45, 7) is 8.77. The minimum atomic E-state index is -0.190. The van der Waals surface area contributed by atoms with Crippen molar-refractivity contribution in [2.24, 2.45) is 0 Å². The maximum Gasteiger partial charge on any atom is 0.261 e. The standard InChI is InChI=1S/C20H24N4O2.C2H6/c1-22(2)10-11-24-19(25)16-5-3-4-14-12-15(23-8-6-21-7-9-23)13-17(18(14)16)20(24)26;1-2/h3-5,12-13,21H,6-11H2,1-2H3;1-2H3. The normalized spacial score (nSPS) is 16.5. The molecule has 0 bridgehead atoms. The molecule has 0 radical (unpaired) electrons. The highest BCUT2D eigenvalue weighted by Crippen LogP contribution is 2.34. The summed E-state index contributed by atoms with van der Waals surface area (Å²) < 4.78 is 0. The maximum atomic E-state index is 13.1. The Morgan fingerprint density at radius 2 is 1.68 bits per heavy atom. The molecule has 2 heterocycles. The highest BCUT2D eigenvalue weighted by atomic mass is 16.2. The maximum absolute atomic E-state index is 13.1. The van der Waals surface area contributed by atoms with Gasteiger partial charge in [-0.2, -0.15) is 0 Å². The molecule has 2 aromatic carbocycles. The molecule has 1 N–H and O–H groups in total. The minimum Gasteiger partial charge on any atom is -0.369 e. The number of imide groups is 1. The lowest BCUT2D eigenvalue weighted by Crippen LogP contribution is -2.45. The van der Waals surface area contributed by atoms with Gasteiger partial charge in [0.2, 0.25) is 0 Å². The van der Waals surface area contributed by atoms with Crippen molar-refractivity contribution in [1.82, 2.24) is 15.1 Å². The van der Waals surface area contributed by atoms with Gasteiger partial charge in [-0.05, 0) is 37.7 Å². The van der Waals surface area contributed by atoms with Gasteiger partial charge in [-0.3, -0.25) is 14.5 Å². The second-order valence-corrected chi connectivity index (χ2v) is 7.20. The van der Waals surface area contributed by atoms with E-state index >= 15 is 0 Å². The highest BCUT2D eigenvalue weighted by Gasteiger charge is 2.33. The van der Waals surface area contributed by atoms with E-state index in [0.717, 1.165) is 42.6 Å². The number of carbonyl (C=O) groups excluding carboxylic acids is 2. The molecule has 1 fully saturated rings. The Morgan fingerprint density at radius 1 is 1.00 bits per heavy atom. The van der Waals surface area contributed by atoms with Crippen molar-refractivity contribution in [3.05, 3.63) is 41.5 Å². The summed E-state index contributed by atoms with van der Waals surface area (Å²) in [5.74, 6) is -0.373. The third kappa shape index (κ3) is 3.75. The van der Waals surface area contributed by atoms with Crippen LogP contribution in [0, 0.1) is 0 Å². The summed E-state index contributed by atoms with van der Waals surface area (Å²) in [7, 11) is 3.88. The fourth-order valence-corrected chi connectivity index (χ4v) is 3.75. The Morgan fingerprint density at radius 3 is 2.36 bits per heavy atom. The largest absolute Gasteiger partial charge is 0.369 e. The fourth-order valence-electron chi connectivity index (χ4n) is 3.75. The quantitative estimate of drug-likeness (QED) is 0.823. The van der Waals surface area contributed by atoms with E-state index in [0.29, 0.717) is 24.2 Å². The number of nitrogens with zero attached hydrogens (tertiary/aromatic N) is 3. The monoisotopic (exact) mass is 382 g/mol. The molecule has 6 heteroatoms. The molecule has 28 heavy (non-hydrogen) atoms. The molecule has 0 spiro atoms. The molecule has 0 aromatic heterocycles. The van der Waals surface area contributed by atoms with Crippen molar-refractivity contribution in [2.75, 3.05) is 58.3 Å². The van der Waals surface area contributed by atoms with Crippen LogP contribution in [0.4, 0.5) is 5.69 Å². The molecule has 0 atom stereocenters. The Bertz CT molecular complexity index is 872. The van der Waals surface area contributed by atoms with Crippen molar-refractivity contribution < 1.29 is 9.59 Å². The molecule has 4 rings (SSSR count). The summed E-state index contributed by atoms with van der Waals surface area (Å²) in [6, 6.07) is 9.79. The molecule has 0 unspecified atom stereocenters. The lowest BCUT2D eigenvalue weighted by molar-refractivity contribution is 0.0601. The third-order valence-corrected chi connectivity index (χ3v) is 5.17. The number of benzene rings is 2. The molecular formula is C22H30N4O2. The van der Waals surface area contributed by atoms with E-state index in [9.17, 15) is 9.59 Å². The number of hydrogen-bond donors (Lipinski definition) is 1. The van der Waals surface area contributed by atoms with Gasteiger partial charge in [-0.25, -0.2) is 0 Å². The number of likely N-dealkylation sites (N-methyl/N-ethyl adjacent to an activating group) is 1. The van der Waals surface area contributed by atoms with Crippen LogP contribution in [-0.4, -0.2) is 75.0 Å². The van der Waals surface area contributed by atoms with Crippen LogP contribution < -0.4 is 10.2 Å². The van der Waals surface area contributed by atoms with Gasteiger partial charge in [0, 0.05) is 55.9 Å². The van der Waals surface area contributed by atoms with Crippen LogP contribution in [0.3, 0.4) is 0 Å². The zero-order chi connectivity index (χ0) is 20.3. The first-order valence-corrected chi connectivity index (χ1v) is 10.1. The Kier molecular flexibility index (Phi) is 6.31. The van der Waals surface area contributed by atoms with Crippen LogP contribution in [-0.2, 0) is 0 Å². The molecule has 150 valence electrons. The molecule has 2 amide bonds. The predicted octanol–water partition coefficient (Wildman–Crippen LogP) is 2.43. The van der Waals surface area contributed by atoms with Gasteiger partial charge in [0.1, 0.15) is 0 Å². The molecule has 2 aromatic rings. The van der Waals surface area contributed by atoms with Gasteiger partial charge in [0.15, 0.2) is 0 Å². The zero-order valence-electron chi connectivity index (χ0n) is 17.3. The predicted molar refractivity (Wildman–Crippen MR) is 114 cm³/mol. The first-order valence-electron chi connectivity index (χ1n) is 10.1. The number of amides is 2. The van der Waals surface area contributed by atoms with E-state index < -0.39 is 0 Å². The summed E-state index contributed by atoms with van der Waals surface area (Å²) in [6.07, 6.45) is 0. The Hall–Kier alpha value is -2.44. The summed E-state index contributed by atoms with van der Waals surface area (Å²) >= 11 is 0. The molecule has 1 saturated heterocycles. The Balaban J connectivity index is 0.00000109. The van der Waals surface area contributed by atoms with Crippen molar-refractivity contribution in [3.8, 4) is 0 Å². The fraction of sp³-hybridized carbons (Fsp3) is 0.455. The topological polar surface area (TPSA) is 55.9 Å². The van der Waals surface area contributed by atoms with E-state index in [-0.39, 0.29) is 11.8 Å². The zero-order valence-corrected chi connectivity index (χ0v) is 17.3. The van der Waals surface area contributed by atoms with E-state index in [2.05, 4.69) is 16.3 Å². The van der Waals surface area contributed by atoms with Crippen LogP contribution in [0.25, 0.3) is 10.8 Å². The van der Waals surface area contributed by atoms with Crippen LogP contribution >= 0.6 is 0 Å². The molecule has 0 aliphatic carbocycles. The SMILES string of the molecule is CC.CN(C)CCN1C(=O)c2cccc3cc(N4CCNCC4)cc(c23)C1=O. The van der Waals surface area contributed by atoms with Gasteiger partial charge in [0.05, 0.1) is 5.56 Å². The first-order chi connectivity index (χ1) is 13.6. The summed E-state index contributed by atoms with van der Waals surface area (Å²) in [5, 5.41) is 5.11. The molecule has 2 aliphatic rings. The van der Waals surface area contributed by atoms with E-state index in [1.54, 1.807) is 0 Å². The summed E-state index contributed by atoms with van der Waals surface area (Å²) in [5.41, 5.74) is 2.33. The minimum absolute atomic E-state index is 0.183. The number of anilines is 1. The number of hydrogen-bond acceptors (Lipinski definition) is 5. The van der Waals surface area contributed by atoms with Crippen molar-refractivity contribution >= 4 is 28.3 Å². The molecule has 6 nitrogen and oxygen atoms in total. The van der Waals surface area contributed by atoms with Gasteiger partial charge >= 0.3 is 0 Å². The van der Waals surface area contributed by atoms with E-state index in [1.807, 2.05) is 57.1 Å². The average Bonchev–Trinajstić information content (AvgIpc) is 2.73. The Labute approximate surface area is 167 Å². The molecular weight excluding hydrogens is 352 g/mol. The van der Waals surface area contributed by atoms with Gasteiger partial charge in [-0.15, -0.1) is 0 Å². The molecule has 0 saturated carbocycles. The molecule has 2 aliphatic heterocycles. The first kappa shape index (κ1) is 20.3. The number of rotatable bonds is 4. The van der Waals surface area contributed by atoms with Gasteiger partial charge in [-0.1, -0.05) is 26.0 Å². The highest BCUT2D eigenvalue weighted by molar-refractivity contribution is 6.26. The van der Waals surface area contributed by atoms with E-state index in [1.165, 1.54) is 4.90 Å². The summed E-state index contributed by atoms with van der Waals surface area (Å²) in [4.78, 5) is 31.7. The van der Waals surface area contributed by atoms with Gasteiger partial charge in [0.25, 0.3) is 11.8 Å². The van der Waals surface area contributed by atoms with Crippen molar-refractivity contribution in [3.63, 3.8) is 0 Å². The van der Waals surface area contributed by atoms with Crippen LogP contribution in [0.1, 0.15) is 34.6 Å². The van der Waals surface area contributed by atoms with E-state index in [4.69, 9.17) is 0 Å². The van der Waals surface area contributed by atoms with Gasteiger partial charge < -0.3 is 15.1 Å². The average molecular weight is 383 g/mol. The van der Waals surface area contributed by atoms with Crippen LogP contribution in [0.5, 0.6) is 0 Å². The lowest BCUT2D eigenvalue weighted by Gasteiger charge is -2.32.